The minimum Gasteiger partial charge on any atom is -0.385 e. The molecule has 1 fully saturated rings. The third-order valence-corrected chi connectivity index (χ3v) is 3.80. The number of benzene rings is 1. The number of hydrogen-bond acceptors (Lipinski definition) is 3. The Kier molecular flexibility index (Phi) is 4.05. The van der Waals surface area contributed by atoms with Gasteiger partial charge in [0.1, 0.15) is 11.7 Å². The van der Waals surface area contributed by atoms with E-state index in [1.54, 1.807) is 7.11 Å². The van der Waals surface area contributed by atoms with Crippen LogP contribution >= 0.6 is 0 Å². The van der Waals surface area contributed by atoms with E-state index in [1.807, 2.05) is 26.0 Å². The van der Waals surface area contributed by atoms with Gasteiger partial charge in [-0.1, -0.05) is 29.3 Å². The number of aliphatic hydroxyl groups excluding tert-OH is 1. The zero-order valence-corrected chi connectivity index (χ0v) is 11.4. The zero-order chi connectivity index (χ0) is 13.2. The van der Waals surface area contributed by atoms with E-state index < -0.39 is 11.7 Å². The highest BCUT2D eigenvalue weighted by Gasteiger charge is 2.40. The molecule has 2 rings (SSSR count). The maximum absolute atomic E-state index is 10.7. The van der Waals surface area contributed by atoms with E-state index in [0.29, 0.717) is 13.2 Å². The van der Waals surface area contributed by atoms with Gasteiger partial charge < -0.3 is 14.6 Å². The molecule has 18 heavy (non-hydrogen) atoms. The van der Waals surface area contributed by atoms with Crippen molar-refractivity contribution in [2.45, 2.75) is 38.4 Å². The first-order chi connectivity index (χ1) is 8.57. The second-order valence-electron chi connectivity index (χ2n) is 5.20. The fourth-order valence-electron chi connectivity index (χ4n) is 2.78. The number of hydrogen-bond donors (Lipinski definition) is 1. The molecule has 1 atom stereocenters. The Morgan fingerprint density at radius 2 is 1.72 bits per heavy atom. The second-order valence-corrected chi connectivity index (χ2v) is 5.20. The average Bonchev–Trinajstić information content (AvgIpc) is 2.37. The predicted molar refractivity (Wildman–Crippen MR) is 70.7 cm³/mol. The fraction of sp³-hybridized carbons (Fsp3) is 0.600. The Hall–Kier alpha value is -0.900. The second kappa shape index (κ2) is 5.39. The van der Waals surface area contributed by atoms with Crippen LogP contribution in [-0.2, 0) is 9.47 Å². The summed E-state index contributed by atoms with van der Waals surface area (Å²) in [5, 5.41) is 10.7. The Bertz CT molecular complexity index is 388. The number of aryl methyl sites for hydroxylation is 2. The zero-order valence-electron chi connectivity index (χ0n) is 11.4. The smallest absolute Gasteiger partial charge is 0.108 e. The largest absolute Gasteiger partial charge is 0.385 e. The number of aliphatic hydroxyl groups is 1. The van der Waals surface area contributed by atoms with Crippen molar-refractivity contribution >= 4 is 0 Å². The highest BCUT2D eigenvalue weighted by Crippen LogP contribution is 2.37. The van der Waals surface area contributed by atoms with Gasteiger partial charge in [-0.15, -0.1) is 0 Å². The van der Waals surface area contributed by atoms with Crippen LogP contribution in [-0.4, -0.2) is 31.0 Å². The highest BCUT2D eigenvalue weighted by molar-refractivity contribution is 5.31. The molecular weight excluding hydrogens is 228 g/mol. The highest BCUT2D eigenvalue weighted by atomic mass is 16.5. The lowest BCUT2D eigenvalue weighted by Gasteiger charge is -2.40. The number of rotatable bonds is 3. The van der Waals surface area contributed by atoms with Crippen LogP contribution in [0.4, 0.5) is 0 Å². The monoisotopic (exact) mass is 250 g/mol. The average molecular weight is 250 g/mol. The van der Waals surface area contributed by atoms with Crippen molar-refractivity contribution in [3.63, 3.8) is 0 Å². The lowest BCUT2D eigenvalue weighted by molar-refractivity contribution is -0.154. The summed E-state index contributed by atoms with van der Waals surface area (Å²) >= 11 is 0. The Morgan fingerprint density at radius 3 is 2.22 bits per heavy atom. The molecule has 1 heterocycles. The molecule has 1 aromatic rings. The molecule has 0 radical (unpaired) electrons. The van der Waals surface area contributed by atoms with Gasteiger partial charge in [0.2, 0.25) is 0 Å². The molecule has 1 aliphatic heterocycles. The van der Waals surface area contributed by atoms with Crippen LogP contribution in [0.2, 0.25) is 0 Å². The van der Waals surface area contributed by atoms with E-state index in [9.17, 15) is 5.11 Å². The van der Waals surface area contributed by atoms with Crippen molar-refractivity contribution in [3.8, 4) is 0 Å². The van der Waals surface area contributed by atoms with Crippen LogP contribution in [0.25, 0.3) is 0 Å². The maximum atomic E-state index is 10.7. The summed E-state index contributed by atoms with van der Waals surface area (Å²) in [7, 11) is 1.68. The van der Waals surface area contributed by atoms with Crippen molar-refractivity contribution in [2.24, 2.45) is 0 Å². The molecule has 1 aliphatic rings. The quantitative estimate of drug-likeness (QED) is 0.896. The molecule has 3 heteroatoms. The van der Waals surface area contributed by atoms with E-state index in [4.69, 9.17) is 9.47 Å². The van der Waals surface area contributed by atoms with Gasteiger partial charge in [0, 0.05) is 33.2 Å². The van der Waals surface area contributed by atoms with Crippen molar-refractivity contribution in [3.05, 3.63) is 34.9 Å². The Labute approximate surface area is 109 Å². The van der Waals surface area contributed by atoms with Gasteiger partial charge in [0.25, 0.3) is 0 Å². The lowest BCUT2D eigenvalue weighted by Crippen LogP contribution is -2.43. The summed E-state index contributed by atoms with van der Waals surface area (Å²) in [5.74, 6) is 0. The van der Waals surface area contributed by atoms with Gasteiger partial charge in [-0.3, -0.25) is 0 Å². The minimum atomic E-state index is -0.593. The van der Waals surface area contributed by atoms with Crippen LogP contribution in [0, 0.1) is 13.8 Å². The third kappa shape index (κ3) is 2.58. The molecular formula is C15H22O3. The summed E-state index contributed by atoms with van der Waals surface area (Å²) in [6.45, 7) is 5.39. The van der Waals surface area contributed by atoms with Gasteiger partial charge in [-0.05, 0) is 19.4 Å². The molecule has 0 spiro atoms. The topological polar surface area (TPSA) is 38.7 Å². The number of ether oxygens (including phenoxy) is 2. The van der Waals surface area contributed by atoms with Gasteiger partial charge in [0.15, 0.2) is 0 Å². The third-order valence-electron chi connectivity index (χ3n) is 3.80. The number of methoxy groups -OCH3 is 1. The fourth-order valence-corrected chi connectivity index (χ4v) is 2.78. The maximum Gasteiger partial charge on any atom is 0.108 e. The summed E-state index contributed by atoms with van der Waals surface area (Å²) in [6, 6.07) is 6.18. The molecule has 1 saturated heterocycles. The van der Waals surface area contributed by atoms with Gasteiger partial charge in [0.05, 0.1) is 0 Å². The van der Waals surface area contributed by atoms with Crippen LogP contribution in [0.1, 0.15) is 35.6 Å². The Morgan fingerprint density at radius 1 is 1.17 bits per heavy atom. The van der Waals surface area contributed by atoms with Crippen molar-refractivity contribution in [1.29, 1.82) is 0 Å². The molecule has 0 aliphatic carbocycles. The Balaban J connectivity index is 2.30. The molecule has 100 valence electrons. The predicted octanol–water partition coefficient (Wildman–Crippen LogP) is 2.53. The van der Waals surface area contributed by atoms with Crippen molar-refractivity contribution < 1.29 is 14.6 Å². The molecule has 0 amide bonds. The summed E-state index contributed by atoms with van der Waals surface area (Å²) in [6.07, 6.45) is 0.875. The molecule has 3 nitrogen and oxygen atoms in total. The van der Waals surface area contributed by atoms with E-state index in [2.05, 4.69) is 6.07 Å². The van der Waals surface area contributed by atoms with Crippen LogP contribution < -0.4 is 0 Å². The summed E-state index contributed by atoms with van der Waals surface area (Å²) in [4.78, 5) is 0. The van der Waals surface area contributed by atoms with Gasteiger partial charge >= 0.3 is 0 Å². The van der Waals surface area contributed by atoms with Crippen LogP contribution in [0.3, 0.4) is 0 Å². The summed E-state index contributed by atoms with van der Waals surface area (Å²) < 4.78 is 11.0. The molecule has 0 bridgehead atoms. The molecule has 1 unspecified atom stereocenters. The molecule has 0 aromatic heterocycles. The molecule has 1 N–H and O–H groups in total. The summed E-state index contributed by atoms with van der Waals surface area (Å²) in [5.41, 5.74) is 2.78. The van der Waals surface area contributed by atoms with Crippen LogP contribution in [0.15, 0.2) is 18.2 Å². The SMILES string of the molecule is COC1(C(O)c2cc(C)cc(C)c2)CCOCC1. The van der Waals surface area contributed by atoms with E-state index >= 15 is 0 Å². The van der Waals surface area contributed by atoms with E-state index in [0.717, 1.165) is 18.4 Å². The minimum absolute atomic E-state index is 0.502. The van der Waals surface area contributed by atoms with Crippen molar-refractivity contribution in [2.75, 3.05) is 20.3 Å². The first kappa shape index (κ1) is 13.5. The normalized spacial score (nSPS) is 20.7. The van der Waals surface area contributed by atoms with E-state index in [-0.39, 0.29) is 0 Å². The molecule has 0 saturated carbocycles. The first-order valence-corrected chi connectivity index (χ1v) is 6.46. The van der Waals surface area contributed by atoms with Gasteiger partial charge in [-0.25, -0.2) is 0 Å². The lowest BCUT2D eigenvalue weighted by atomic mass is 9.83. The molecule has 1 aromatic carbocycles. The first-order valence-electron chi connectivity index (χ1n) is 6.46. The van der Waals surface area contributed by atoms with Gasteiger partial charge in [-0.2, -0.15) is 0 Å². The standard InChI is InChI=1S/C15H22O3/c1-11-8-12(2)10-13(9-11)14(16)15(17-3)4-6-18-7-5-15/h8-10,14,16H,4-7H2,1-3H3. The van der Waals surface area contributed by atoms with Crippen LogP contribution in [0.5, 0.6) is 0 Å². The van der Waals surface area contributed by atoms with Crippen molar-refractivity contribution in [1.82, 2.24) is 0 Å². The van der Waals surface area contributed by atoms with E-state index in [1.165, 1.54) is 11.1 Å².